The topological polar surface area (TPSA) is 75.0 Å². The number of fused-ring (bicyclic) bond motifs is 3. The highest BCUT2D eigenvalue weighted by atomic mass is 35.5. The minimum Gasteiger partial charge on any atom is -0.488 e. The van der Waals surface area contributed by atoms with Gasteiger partial charge in [0.25, 0.3) is 0 Å². The van der Waals surface area contributed by atoms with Crippen molar-refractivity contribution in [1.82, 2.24) is 4.90 Å². The predicted molar refractivity (Wildman–Crippen MR) is 140 cm³/mol. The zero-order valence-corrected chi connectivity index (χ0v) is 21.3. The minimum absolute atomic E-state index is 0.172. The van der Waals surface area contributed by atoms with Crippen LogP contribution in [0.2, 0.25) is 5.02 Å². The molecular weight excluding hydrogens is 488 g/mol. The molecule has 6 rings (SSSR count). The summed E-state index contributed by atoms with van der Waals surface area (Å²) in [6.07, 6.45) is 2.81. The first kappa shape index (κ1) is 24.1. The Kier molecular flexibility index (Phi) is 6.24. The van der Waals surface area contributed by atoms with Crippen LogP contribution in [0, 0.1) is 11.3 Å². The van der Waals surface area contributed by atoms with Crippen LogP contribution in [-0.2, 0) is 17.6 Å². The first-order valence-corrected chi connectivity index (χ1v) is 13.2. The fraction of sp³-hybridized carbons (Fsp3) is 0.367. The Labute approximate surface area is 221 Å². The zero-order chi connectivity index (χ0) is 25.5. The Bertz CT molecular complexity index is 1340. The second kappa shape index (κ2) is 9.57. The number of nitrogens with zero attached hydrogens (tertiary/aromatic N) is 2. The summed E-state index contributed by atoms with van der Waals surface area (Å²) in [6, 6.07) is 22.1. The van der Waals surface area contributed by atoms with E-state index in [2.05, 4.69) is 17.0 Å². The van der Waals surface area contributed by atoms with Crippen molar-refractivity contribution in [3.05, 3.63) is 87.9 Å². The average Bonchev–Trinajstić information content (AvgIpc) is 3.34. The molecule has 1 atom stereocenters. The molecule has 7 heteroatoms. The molecule has 3 aliphatic rings. The fourth-order valence-corrected chi connectivity index (χ4v) is 6.07. The summed E-state index contributed by atoms with van der Waals surface area (Å²) >= 11 is 6.03. The van der Waals surface area contributed by atoms with Crippen LogP contribution in [0.15, 0.2) is 60.7 Å². The fourth-order valence-electron chi connectivity index (χ4n) is 5.95. The molecule has 3 aromatic rings. The van der Waals surface area contributed by atoms with Crippen LogP contribution >= 0.6 is 11.6 Å². The molecule has 0 aliphatic carbocycles. The molecule has 0 aromatic heterocycles. The number of piperidine rings is 1. The number of likely N-dealkylation sites (tertiary alicyclic amines) is 1. The number of benzene rings is 3. The molecule has 0 spiro atoms. The quantitative estimate of drug-likeness (QED) is 0.480. The van der Waals surface area contributed by atoms with Gasteiger partial charge in [-0.2, -0.15) is 5.26 Å². The summed E-state index contributed by atoms with van der Waals surface area (Å²) in [5.41, 5.74) is 2.08. The van der Waals surface area contributed by atoms with Crippen molar-refractivity contribution in [2.24, 2.45) is 0 Å². The van der Waals surface area contributed by atoms with Crippen molar-refractivity contribution in [2.45, 2.75) is 43.3 Å². The van der Waals surface area contributed by atoms with Crippen LogP contribution in [0.1, 0.15) is 47.9 Å². The molecule has 6 nitrogen and oxygen atoms in total. The van der Waals surface area contributed by atoms with Crippen molar-refractivity contribution in [3.8, 4) is 23.3 Å². The summed E-state index contributed by atoms with van der Waals surface area (Å²) in [6.45, 7) is 3.03. The lowest BCUT2D eigenvalue weighted by atomic mass is 9.71. The molecule has 1 saturated heterocycles. The lowest BCUT2D eigenvalue weighted by Crippen LogP contribution is -2.43. The summed E-state index contributed by atoms with van der Waals surface area (Å²) in [5.74, 6) is 1.98. The molecule has 1 unspecified atom stereocenters. The molecule has 1 N–H and O–H groups in total. The van der Waals surface area contributed by atoms with E-state index in [0.717, 1.165) is 48.3 Å². The number of halogens is 1. The van der Waals surface area contributed by atoms with Crippen molar-refractivity contribution in [3.63, 3.8) is 0 Å². The van der Waals surface area contributed by atoms with E-state index < -0.39 is 11.0 Å². The SMILES string of the molecule is N#CC1(CCCN2CCC(O)(c3ccc(Cl)cc3)CC2)c2ccccc2COc2cc3c(cc21)OCO3. The van der Waals surface area contributed by atoms with E-state index in [1.54, 1.807) is 0 Å². The standard InChI is InChI=1S/C30H29ClN2O4/c31-23-8-6-22(7-9-23)30(34)11-14-33(15-12-30)13-3-10-29(19-32)24-5-2-1-4-21(24)18-35-26-17-28-27(16-25(26)29)36-20-37-28/h1-2,4-9,16-17,34H,3,10-15,18,20H2. The monoisotopic (exact) mass is 516 g/mol. The van der Waals surface area contributed by atoms with Crippen LogP contribution < -0.4 is 14.2 Å². The second-order valence-corrected chi connectivity index (χ2v) is 10.6. The van der Waals surface area contributed by atoms with Gasteiger partial charge in [0.2, 0.25) is 6.79 Å². The van der Waals surface area contributed by atoms with Crippen LogP contribution in [0.25, 0.3) is 0 Å². The number of aliphatic hydroxyl groups is 1. The normalized spacial score (nSPS) is 21.8. The Morgan fingerprint density at radius 3 is 2.41 bits per heavy atom. The van der Waals surface area contributed by atoms with Gasteiger partial charge in [0.1, 0.15) is 17.8 Å². The van der Waals surface area contributed by atoms with Crippen LogP contribution in [0.3, 0.4) is 0 Å². The van der Waals surface area contributed by atoms with Gasteiger partial charge >= 0.3 is 0 Å². The highest BCUT2D eigenvalue weighted by molar-refractivity contribution is 6.30. The number of nitriles is 1. The minimum atomic E-state index is -0.858. The highest BCUT2D eigenvalue weighted by Crippen LogP contribution is 2.49. The summed E-state index contributed by atoms with van der Waals surface area (Å²) < 4.78 is 17.4. The third-order valence-corrected chi connectivity index (χ3v) is 8.33. The van der Waals surface area contributed by atoms with Crippen LogP contribution in [-0.4, -0.2) is 36.4 Å². The summed E-state index contributed by atoms with van der Waals surface area (Å²) in [4.78, 5) is 2.38. The summed E-state index contributed by atoms with van der Waals surface area (Å²) in [5, 5.41) is 22.6. The van der Waals surface area contributed by atoms with Gasteiger partial charge in [0, 0.05) is 29.7 Å². The lowest BCUT2D eigenvalue weighted by molar-refractivity contribution is -0.0262. The number of ether oxygens (including phenoxy) is 3. The highest BCUT2D eigenvalue weighted by Gasteiger charge is 2.42. The molecule has 3 aliphatic heterocycles. The van der Waals surface area contributed by atoms with Gasteiger partial charge in [0.05, 0.1) is 11.7 Å². The number of rotatable bonds is 5. The molecule has 190 valence electrons. The first-order valence-electron chi connectivity index (χ1n) is 12.8. The molecular formula is C30H29ClN2O4. The molecule has 1 fully saturated rings. The Hall–Kier alpha value is -3.24. The maximum absolute atomic E-state index is 11.2. The van der Waals surface area contributed by atoms with Gasteiger partial charge in [-0.3, -0.25) is 0 Å². The van der Waals surface area contributed by atoms with Gasteiger partial charge in [0.15, 0.2) is 11.5 Å². The largest absolute Gasteiger partial charge is 0.488 e. The van der Waals surface area contributed by atoms with E-state index in [4.69, 9.17) is 25.8 Å². The van der Waals surface area contributed by atoms with Crippen LogP contribution in [0.4, 0.5) is 0 Å². The number of hydrogen-bond acceptors (Lipinski definition) is 6. The Balaban J connectivity index is 1.21. The molecule has 0 bridgehead atoms. The van der Waals surface area contributed by atoms with Crippen molar-refractivity contribution in [1.29, 1.82) is 5.26 Å². The van der Waals surface area contributed by atoms with E-state index in [0.29, 0.717) is 48.1 Å². The summed E-state index contributed by atoms with van der Waals surface area (Å²) in [7, 11) is 0. The van der Waals surface area contributed by atoms with Crippen molar-refractivity contribution >= 4 is 11.6 Å². The van der Waals surface area contributed by atoms with E-state index in [9.17, 15) is 10.4 Å². The predicted octanol–water partition coefficient (Wildman–Crippen LogP) is 5.53. The van der Waals surface area contributed by atoms with E-state index in [1.807, 2.05) is 54.6 Å². The van der Waals surface area contributed by atoms with Gasteiger partial charge in [-0.15, -0.1) is 0 Å². The van der Waals surface area contributed by atoms with Gasteiger partial charge < -0.3 is 24.2 Å². The zero-order valence-electron chi connectivity index (χ0n) is 20.6. The van der Waals surface area contributed by atoms with Crippen molar-refractivity contribution in [2.75, 3.05) is 26.4 Å². The van der Waals surface area contributed by atoms with Gasteiger partial charge in [-0.25, -0.2) is 0 Å². The molecule has 3 aromatic carbocycles. The maximum atomic E-state index is 11.2. The van der Waals surface area contributed by atoms with E-state index in [-0.39, 0.29) is 6.79 Å². The van der Waals surface area contributed by atoms with Gasteiger partial charge in [-0.05, 0) is 67.1 Å². The Morgan fingerprint density at radius 1 is 0.919 bits per heavy atom. The molecule has 0 saturated carbocycles. The molecule has 0 radical (unpaired) electrons. The third kappa shape index (κ3) is 4.31. The maximum Gasteiger partial charge on any atom is 0.231 e. The molecule has 37 heavy (non-hydrogen) atoms. The van der Waals surface area contributed by atoms with Gasteiger partial charge in [-0.1, -0.05) is 48.0 Å². The Morgan fingerprint density at radius 2 is 1.65 bits per heavy atom. The average molecular weight is 517 g/mol. The second-order valence-electron chi connectivity index (χ2n) is 10.1. The van der Waals surface area contributed by atoms with E-state index in [1.165, 1.54) is 0 Å². The van der Waals surface area contributed by atoms with E-state index >= 15 is 0 Å². The van der Waals surface area contributed by atoms with Crippen molar-refractivity contribution < 1.29 is 19.3 Å². The number of hydrogen-bond donors (Lipinski definition) is 1. The first-order chi connectivity index (χ1) is 18.0. The lowest BCUT2D eigenvalue weighted by Gasteiger charge is -2.39. The smallest absolute Gasteiger partial charge is 0.231 e. The molecule has 3 heterocycles. The molecule has 0 amide bonds. The third-order valence-electron chi connectivity index (χ3n) is 8.08. The van der Waals surface area contributed by atoms with Crippen LogP contribution in [0.5, 0.6) is 17.2 Å².